The second kappa shape index (κ2) is 11.1. The van der Waals surface area contributed by atoms with Crippen molar-refractivity contribution in [1.82, 2.24) is 10.2 Å². The lowest BCUT2D eigenvalue weighted by Gasteiger charge is -2.29. The molecule has 162 valence electrons. The van der Waals surface area contributed by atoms with Crippen molar-refractivity contribution in [3.63, 3.8) is 0 Å². The molecule has 0 aliphatic heterocycles. The highest BCUT2D eigenvalue weighted by atomic mass is 79.9. The summed E-state index contributed by atoms with van der Waals surface area (Å²) in [6, 6.07) is 10.6. The van der Waals surface area contributed by atoms with Gasteiger partial charge >= 0.3 is 0 Å². The molecule has 0 aliphatic carbocycles. The van der Waals surface area contributed by atoms with E-state index < -0.39 is 6.04 Å². The number of nitrogens with one attached hydrogen (secondary N) is 1. The highest BCUT2D eigenvalue weighted by molar-refractivity contribution is 9.10. The van der Waals surface area contributed by atoms with Gasteiger partial charge in [-0.25, -0.2) is 4.39 Å². The third-order valence-electron chi connectivity index (χ3n) is 4.93. The number of hydrogen-bond donors (Lipinski definition) is 1. The van der Waals surface area contributed by atoms with Crippen LogP contribution in [0.4, 0.5) is 4.39 Å². The molecule has 0 saturated heterocycles. The fraction of sp³-hybridized carbons (Fsp3) is 0.391. The maximum atomic E-state index is 13.3. The molecule has 2 rings (SSSR count). The van der Waals surface area contributed by atoms with Crippen LogP contribution in [-0.2, 0) is 16.1 Å². The number of carbonyl (C=O) groups excluding carboxylic acids is 2. The smallest absolute Gasteiger partial charge is 0.261 e. The van der Waals surface area contributed by atoms with E-state index >= 15 is 0 Å². The van der Waals surface area contributed by atoms with Gasteiger partial charge in [-0.1, -0.05) is 35.0 Å². The Morgan fingerprint density at radius 2 is 1.83 bits per heavy atom. The predicted molar refractivity (Wildman–Crippen MR) is 119 cm³/mol. The second-order valence-corrected chi connectivity index (χ2v) is 8.20. The number of hydrogen-bond acceptors (Lipinski definition) is 3. The first-order valence-electron chi connectivity index (χ1n) is 9.94. The molecular weight excluding hydrogens is 451 g/mol. The second-order valence-electron chi connectivity index (χ2n) is 7.34. The van der Waals surface area contributed by atoms with Crippen LogP contribution in [0, 0.1) is 12.7 Å². The normalized spacial score (nSPS) is 12.7. The van der Waals surface area contributed by atoms with Crippen molar-refractivity contribution in [2.24, 2.45) is 0 Å². The topological polar surface area (TPSA) is 58.6 Å². The molecule has 2 amide bonds. The molecule has 0 bridgehead atoms. The molecule has 2 aromatic rings. The first-order valence-corrected chi connectivity index (χ1v) is 10.7. The van der Waals surface area contributed by atoms with Gasteiger partial charge in [-0.15, -0.1) is 0 Å². The van der Waals surface area contributed by atoms with Gasteiger partial charge in [0.25, 0.3) is 5.91 Å². The molecule has 30 heavy (non-hydrogen) atoms. The van der Waals surface area contributed by atoms with Crippen LogP contribution in [0.5, 0.6) is 5.75 Å². The van der Waals surface area contributed by atoms with Gasteiger partial charge in [-0.3, -0.25) is 9.59 Å². The van der Waals surface area contributed by atoms with Crippen LogP contribution in [-0.4, -0.2) is 35.4 Å². The Hall–Kier alpha value is -2.41. The quantitative estimate of drug-likeness (QED) is 0.572. The molecule has 0 aliphatic rings. The summed E-state index contributed by atoms with van der Waals surface area (Å²) in [6.07, 6.45) is 0.788. The molecule has 0 heterocycles. The van der Waals surface area contributed by atoms with Crippen LogP contribution in [0.15, 0.2) is 46.9 Å². The minimum absolute atomic E-state index is 0.00436. The number of aryl methyl sites for hydroxylation is 1. The first kappa shape index (κ1) is 23.9. The lowest BCUT2D eigenvalue weighted by molar-refractivity contribution is -0.142. The van der Waals surface area contributed by atoms with Crippen molar-refractivity contribution >= 4 is 27.7 Å². The van der Waals surface area contributed by atoms with E-state index in [0.717, 1.165) is 22.0 Å². The molecule has 1 N–H and O–H groups in total. The van der Waals surface area contributed by atoms with Gasteiger partial charge in [0.05, 0.1) is 0 Å². The van der Waals surface area contributed by atoms with Crippen LogP contribution in [0.2, 0.25) is 0 Å². The van der Waals surface area contributed by atoms with Gasteiger partial charge < -0.3 is 15.0 Å². The fourth-order valence-corrected chi connectivity index (χ4v) is 3.02. The number of amides is 2. The highest BCUT2D eigenvalue weighted by Crippen LogP contribution is 2.22. The van der Waals surface area contributed by atoms with E-state index in [1.807, 2.05) is 32.9 Å². The number of rotatable bonds is 9. The van der Waals surface area contributed by atoms with Gasteiger partial charge in [0.15, 0.2) is 6.61 Å². The number of benzene rings is 2. The Bertz CT molecular complexity index is 873. The van der Waals surface area contributed by atoms with Crippen LogP contribution >= 0.6 is 15.9 Å². The van der Waals surface area contributed by atoms with Crippen LogP contribution in [0.1, 0.15) is 38.3 Å². The van der Waals surface area contributed by atoms with E-state index in [1.165, 1.54) is 17.0 Å². The first-order chi connectivity index (χ1) is 14.2. The summed E-state index contributed by atoms with van der Waals surface area (Å²) in [5.41, 5.74) is 1.72. The molecule has 7 heteroatoms. The molecule has 0 unspecified atom stereocenters. The number of nitrogens with zero attached hydrogens (tertiary/aromatic N) is 1. The number of ether oxygens (including phenoxy) is 1. The van der Waals surface area contributed by atoms with Gasteiger partial charge in [-0.2, -0.15) is 0 Å². The molecule has 0 saturated carbocycles. The van der Waals surface area contributed by atoms with Crippen molar-refractivity contribution in [2.45, 2.75) is 52.7 Å². The van der Waals surface area contributed by atoms with Crippen LogP contribution in [0.3, 0.4) is 0 Å². The molecule has 2 atom stereocenters. The van der Waals surface area contributed by atoms with E-state index in [1.54, 1.807) is 25.1 Å². The Balaban J connectivity index is 2.15. The molecule has 0 spiro atoms. The Morgan fingerprint density at radius 1 is 1.17 bits per heavy atom. The number of carbonyl (C=O) groups is 2. The Labute approximate surface area is 185 Å². The van der Waals surface area contributed by atoms with Crippen molar-refractivity contribution in [2.75, 3.05) is 6.61 Å². The van der Waals surface area contributed by atoms with Crippen molar-refractivity contribution < 1.29 is 18.7 Å². The molecule has 2 aromatic carbocycles. The standard InChI is InChI=1S/C23H28BrFN2O3/c1-5-16(3)26-23(29)17(4)27(13-18-6-8-19(25)9-7-18)22(28)14-30-20-10-11-21(24)15(2)12-20/h6-12,16-17H,5,13-14H2,1-4H3,(H,26,29)/t16-,17-/m1/s1. The van der Waals surface area contributed by atoms with Crippen molar-refractivity contribution in [1.29, 1.82) is 0 Å². The molecular formula is C23H28BrFN2O3. The minimum Gasteiger partial charge on any atom is -0.484 e. The summed E-state index contributed by atoms with van der Waals surface area (Å²) in [5, 5.41) is 2.91. The van der Waals surface area contributed by atoms with Gasteiger partial charge in [0.1, 0.15) is 17.6 Å². The zero-order valence-corrected chi connectivity index (χ0v) is 19.3. The van der Waals surface area contributed by atoms with Crippen LogP contribution < -0.4 is 10.1 Å². The molecule has 5 nitrogen and oxygen atoms in total. The van der Waals surface area contributed by atoms with E-state index in [4.69, 9.17) is 4.74 Å². The summed E-state index contributed by atoms with van der Waals surface area (Å²) in [6.45, 7) is 7.48. The lowest BCUT2D eigenvalue weighted by Crippen LogP contribution is -2.50. The molecule has 0 aromatic heterocycles. The summed E-state index contributed by atoms with van der Waals surface area (Å²) in [4.78, 5) is 27.1. The van der Waals surface area contributed by atoms with Crippen molar-refractivity contribution in [3.05, 3.63) is 63.9 Å². The maximum absolute atomic E-state index is 13.3. The summed E-state index contributed by atoms with van der Waals surface area (Å²) in [5.74, 6) is -0.346. The van der Waals surface area contributed by atoms with Gasteiger partial charge in [0, 0.05) is 17.1 Å². The van der Waals surface area contributed by atoms with E-state index in [-0.39, 0.29) is 36.8 Å². The Kier molecular flexibility index (Phi) is 8.84. The van der Waals surface area contributed by atoms with Gasteiger partial charge in [0.2, 0.25) is 5.91 Å². The average molecular weight is 479 g/mol. The largest absolute Gasteiger partial charge is 0.484 e. The maximum Gasteiger partial charge on any atom is 0.261 e. The third-order valence-corrected chi connectivity index (χ3v) is 5.82. The fourth-order valence-electron chi connectivity index (χ4n) is 2.77. The third kappa shape index (κ3) is 6.83. The SMILES string of the molecule is CC[C@@H](C)NC(=O)[C@@H](C)N(Cc1ccc(F)cc1)C(=O)COc1ccc(Br)c(C)c1. The molecule has 0 fully saturated rings. The Morgan fingerprint density at radius 3 is 2.43 bits per heavy atom. The minimum atomic E-state index is -0.702. The monoisotopic (exact) mass is 478 g/mol. The zero-order valence-electron chi connectivity index (χ0n) is 17.7. The summed E-state index contributed by atoms with van der Waals surface area (Å²) < 4.78 is 19.9. The van der Waals surface area contributed by atoms with Gasteiger partial charge in [-0.05, 0) is 68.7 Å². The molecule has 0 radical (unpaired) electrons. The summed E-state index contributed by atoms with van der Waals surface area (Å²) in [7, 11) is 0. The summed E-state index contributed by atoms with van der Waals surface area (Å²) >= 11 is 3.43. The highest BCUT2D eigenvalue weighted by Gasteiger charge is 2.27. The van der Waals surface area contributed by atoms with Crippen LogP contribution in [0.25, 0.3) is 0 Å². The van der Waals surface area contributed by atoms with E-state index in [0.29, 0.717) is 5.75 Å². The van der Waals surface area contributed by atoms with Crippen molar-refractivity contribution in [3.8, 4) is 5.75 Å². The lowest BCUT2D eigenvalue weighted by atomic mass is 10.1. The van der Waals surface area contributed by atoms with E-state index in [2.05, 4.69) is 21.2 Å². The zero-order chi connectivity index (χ0) is 22.3. The van der Waals surface area contributed by atoms with E-state index in [9.17, 15) is 14.0 Å². The average Bonchev–Trinajstić information content (AvgIpc) is 2.73. The number of halogens is 2. The predicted octanol–water partition coefficient (Wildman–Crippen LogP) is 4.61.